The van der Waals surface area contributed by atoms with Crippen LogP contribution in [0, 0.1) is 0 Å². The van der Waals surface area contributed by atoms with Crippen molar-refractivity contribution in [3.05, 3.63) is 42.0 Å². The summed E-state index contributed by atoms with van der Waals surface area (Å²) in [6.45, 7) is 10.9. The number of hydrogen-bond donors (Lipinski definition) is 0. The Morgan fingerprint density at radius 3 is 1.24 bits per heavy atom. The second-order valence-corrected chi connectivity index (χ2v) is 16.0. The van der Waals surface area contributed by atoms with Crippen molar-refractivity contribution in [2.75, 3.05) is 18.5 Å². The normalized spacial score (nSPS) is 12.2. The van der Waals surface area contributed by atoms with Crippen LogP contribution >= 0.6 is 7.26 Å². The van der Waals surface area contributed by atoms with Gasteiger partial charge in [0.25, 0.3) is 0 Å². The molecular formula is C33H61P. The topological polar surface area (TPSA) is 0 Å². The first kappa shape index (κ1) is 31.4. The van der Waals surface area contributed by atoms with E-state index in [9.17, 15) is 0 Å². The van der Waals surface area contributed by atoms with Crippen LogP contribution in [0.5, 0.6) is 0 Å². The summed E-state index contributed by atoms with van der Waals surface area (Å²) in [6, 6.07) is 9.43. The molecule has 0 aliphatic heterocycles. The van der Waals surface area contributed by atoms with Gasteiger partial charge in [0, 0.05) is 0 Å². The van der Waals surface area contributed by atoms with Gasteiger partial charge in [-0.3, -0.25) is 0 Å². The zero-order chi connectivity index (χ0) is 24.7. The molecule has 0 fully saturated rings. The fourth-order valence-electron chi connectivity index (χ4n) is 5.69. The monoisotopic (exact) mass is 488 g/mol. The van der Waals surface area contributed by atoms with Crippen LogP contribution < -0.4 is 0 Å². The van der Waals surface area contributed by atoms with Gasteiger partial charge >= 0.3 is 216 Å². The Kier molecular flexibility index (Phi) is 20.0. The Morgan fingerprint density at radius 2 is 0.882 bits per heavy atom. The van der Waals surface area contributed by atoms with Crippen LogP contribution in [0.3, 0.4) is 0 Å². The van der Waals surface area contributed by atoms with Gasteiger partial charge in [0.05, 0.1) is 0 Å². The molecule has 0 radical (unpaired) electrons. The average Bonchev–Trinajstić information content (AvgIpc) is 2.86. The maximum atomic E-state index is 3.96. The summed E-state index contributed by atoms with van der Waals surface area (Å²) in [5.41, 5.74) is 2.87. The van der Waals surface area contributed by atoms with Gasteiger partial charge in [0.15, 0.2) is 0 Å². The Labute approximate surface area is 216 Å². The first-order chi connectivity index (χ1) is 16.7. The third-order valence-electron chi connectivity index (χ3n) is 7.98. The molecule has 0 aliphatic carbocycles. The first-order valence-corrected chi connectivity index (χ1v) is 18.2. The number of unbranched alkanes of at least 4 members (excludes halogenated alkanes) is 15. The van der Waals surface area contributed by atoms with Crippen molar-refractivity contribution < 1.29 is 0 Å². The maximum absolute atomic E-state index is 3.96. The molecule has 0 saturated heterocycles. The van der Waals surface area contributed by atoms with E-state index < -0.39 is 7.26 Å². The molecule has 1 aromatic carbocycles. The molecule has 0 bridgehead atoms. The van der Waals surface area contributed by atoms with Crippen molar-refractivity contribution in [1.29, 1.82) is 0 Å². The summed E-state index contributed by atoms with van der Waals surface area (Å²) in [7, 11) is -1.30. The number of rotatable bonds is 24. The molecule has 0 heterocycles. The van der Waals surface area contributed by atoms with Crippen molar-refractivity contribution in [2.45, 2.75) is 143 Å². The van der Waals surface area contributed by atoms with Gasteiger partial charge in [-0.05, 0) is 0 Å². The van der Waals surface area contributed by atoms with Gasteiger partial charge in [0.1, 0.15) is 0 Å². The first-order valence-electron chi connectivity index (χ1n) is 15.4. The fourth-order valence-corrected chi connectivity index (χ4v) is 11.1. The van der Waals surface area contributed by atoms with Gasteiger partial charge < -0.3 is 0 Å². The zero-order valence-corrected chi connectivity index (χ0v) is 24.7. The molecule has 0 aliphatic rings. The summed E-state index contributed by atoms with van der Waals surface area (Å²) in [5.74, 6) is 0. The molecule has 1 aromatic rings. The SMILES string of the molecule is C=Cc1ccc(C[PH](CCCCCCCC)(CCCCCCCC)CCCCCCCC)cc1. The molecule has 0 N–H and O–H groups in total. The van der Waals surface area contributed by atoms with Crippen molar-refractivity contribution in [3.8, 4) is 0 Å². The van der Waals surface area contributed by atoms with Crippen molar-refractivity contribution in [3.63, 3.8) is 0 Å². The predicted molar refractivity (Wildman–Crippen MR) is 163 cm³/mol. The van der Waals surface area contributed by atoms with Crippen molar-refractivity contribution in [2.24, 2.45) is 0 Å². The molecule has 0 atom stereocenters. The van der Waals surface area contributed by atoms with Gasteiger partial charge in [-0.1, -0.05) is 0 Å². The molecule has 0 spiro atoms. The van der Waals surface area contributed by atoms with Gasteiger partial charge in [-0.25, -0.2) is 0 Å². The van der Waals surface area contributed by atoms with E-state index >= 15 is 0 Å². The van der Waals surface area contributed by atoms with Crippen LogP contribution in [0.15, 0.2) is 30.8 Å². The summed E-state index contributed by atoms with van der Waals surface area (Å²) in [4.78, 5) is 0. The third kappa shape index (κ3) is 15.4. The van der Waals surface area contributed by atoms with E-state index in [-0.39, 0.29) is 0 Å². The van der Waals surface area contributed by atoms with Crippen LogP contribution in [-0.4, -0.2) is 18.5 Å². The van der Waals surface area contributed by atoms with Gasteiger partial charge in [-0.2, -0.15) is 0 Å². The summed E-state index contributed by atoms with van der Waals surface area (Å²) in [6.07, 6.45) is 34.1. The molecule has 0 aromatic heterocycles. The van der Waals surface area contributed by atoms with E-state index in [2.05, 4.69) is 51.6 Å². The molecule has 1 heteroatoms. The molecule has 0 amide bonds. The molecule has 1 rings (SSSR count). The number of benzene rings is 1. The minimum atomic E-state index is -1.30. The Bertz CT molecular complexity index is 532. The van der Waals surface area contributed by atoms with E-state index in [1.165, 1.54) is 127 Å². The second kappa shape index (κ2) is 21.7. The standard InChI is InChI=1S/C33H61P/c1-5-9-12-15-18-21-28-34(29-22-19-16-13-10-6-2,30-23-20-17-14-11-7-3)31-33-26-24-32(8-4)25-27-33/h8,24-27,34H,4-7,9-23,28-31H2,1-3H3. The molecule has 0 nitrogen and oxygen atoms in total. The predicted octanol–water partition coefficient (Wildman–Crippen LogP) is 11.7. The van der Waals surface area contributed by atoms with Crippen LogP contribution in [0.25, 0.3) is 6.08 Å². The third-order valence-corrected chi connectivity index (χ3v) is 13.4. The van der Waals surface area contributed by atoms with Crippen LogP contribution in [0.1, 0.15) is 147 Å². The Balaban J connectivity index is 2.81. The van der Waals surface area contributed by atoms with Gasteiger partial charge in [-0.15, -0.1) is 0 Å². The molecule has 198 valence electrons. The Morgan fingerprint density at radius 1 is 0.529 bits per heavy atom. The van der Waals surface area contributed by atoms with Crippen LogP contribution in [0.2, 0.25) is 0 Å². The summed E-state index contributed by atoms with van der Waals surface area (Å²) >= 11 is 0. The van der Waals surface area contributed by atoms with E-state index in [0.717, 1.165) is 0 Å². The molecule has 0 unspecified atom stereocenters. The molecular weight excluding hydrogens is 427 g/mol. The van der Waals surface area contributed by atoms with E-state index in [1.807, 2.05) is 6.08 Å². The van der Waals surface area contributed by atoms with Gasteiger partial charge in [0.2, 0.25) is 0 Å². The van der Waals surface area contributed by atoms with E-state index in [4.69, 9.17) is 0 Å². The minimum absolute atomic E-state index is 1.26. The average molecular weight is 489 g/mol. The van der Waals surface area contributed by atoms with Crippen molar-refractivity contribution in [1.82, 2.24) is 0 Å². The summed E-state index contributed by atoms with van der Waals surface area (Å²) in [5, 5.41) is 0. The van der Waals surface area contributed by atoms with Crippen LogP contribution in [-0.2, 0) is 6.16 Å². The zero-order valence-electron chi connectivity index (χ0n) is 23.7. The Hall–Kier alpha value is -0.610. The second-order valence-electron chi connectivity index (χ2n) is 11.2. The fraction of sp³-hybridized carbons (Fsp3) is 0.758. The van der Waals surface area contributed by atoms with Crippen LogP contribution in [0.4, 0.5) is 0 Å². The molecule has 0 saturated carbocycles. The van der Waals surface area contributed by atoms with E-state index in [1.54, 1.807) is 24.0 Å². The van der Waals surface area contributed by atoms with E-state index in [0.29, 0.717) is 0 Å². The van der Waals surface area contributed by atoms with Crippen molar-refractivity contribution >= 4 is 13.3 Å². The number of hydrogen-bond acceptors (Lipinski definition) is 0. The quantitative estimate of drug-likeness (QED) is 0.100. The summed E-state index contributed by atoms with van der Waals surface area (Å²) < 4.78 is 0. The molecule has 34 heavy (non-hydrogen) atoms.